The Labute approximate surface area is 173 Å². The standard InChI is InChI=1S/C18H15F2N3O6S/c1-27-13-8-10(2-3-12(13)29-17(19)20)9-14-16(25)23(18(26)30-14)6-5-21-15(24)11-4-7-28-22-11/h2-4,7-9,17H,5-6H2,1H3,(H,21,24)/b14-9-. The lowest BCUT2D eigenvalue weighted by Gasteiger charge is -2.12. The first kappa shape index (κ1) is 21.3. The zero-order valence-electron chi connectivity index (χ0n) is 15.5. The molecule has 0 saturated carbocycles. The number of nitrogens with one attached hydrogen (secondary N) is 1. The predicted molar refractivity (Wildman–Crippen MR) is 101 cm³/mol. The second-order valence-corrected chi connectivity index (χ2v) is 6.76. The van der Waals surface area contributed by atoms with Crippen molar-refractivity contribution in [1.29, 1.82) is 0 Å². The molecular formula is C18H15F2N3O6S. The zero-order chi connectivity index (χ0) is 21.7. The van der Waals surface area contributed by atoms with Crippen LogP contribution in [0.25, 0.3) is 6.08 Å². The van der Waals surface area contributed by atoms with Gasteiger partial charge in [-0.25, -0.2) is 0 Å². The molecule has 158 valence electrons. The summed E-state index contributed by atoms with van der Waals surface area (Å²) in [6.07, 6.45) is 2.69. The Morgan fingerprint density at radius 2 is 2.13 bits per heavy atom. The van der Waals surface area contributed by atoms with E-state index in [1.165, 1.54) is 43.7 Å². The molecule has 0 spiro atoms. The van der Waals surface area contributed by atoms with Gasteiger partial charge in [0.2, 0.25) is 0 Å². The van der Waals surface area contributed by atoms with Crippen LogP contribution in [-0.4, -0.2) is 53.9 Å². The van der Waals surface area contributed by atoms with E-state index >= 15 is 0 Å². The van der Waals surface area contributed by atoms with E-state index in [9.17, 15) is 23.2 Å². The molecule has 1 N–H and O–H groups in total. The molecule has 2 heterocycles. The zero-order valence-corrected chi connectivity index (χ0v) is 16.3. The number of methoxy groups -OCH3 is 1. The number of amides is 3. The van der Waals surface area contributed by atoms with Gasteiger partial charge in [-0.2, -0.15) is 8.78 Å². The molecular weight excluding hydrogens is 424 g/mol. The number of hydrogen-bond acceptors (Lipinski definition) is 8. The van der Waals surface area contributed by atoms with Crippen molar-refractivity contribution in [2.45, 2.75) is 6.61 Å². The molecule has 0 aliphatic carbocycles. The van der Waals surface area contributed by atoms with Crippen molar-refractivity contribution in [3.8, 4) is 11.5 Å². The molecule has 2 aromatic rings. The van der Waals surface area contributed by atoms with Gasteiger partial charge >= 0.3 is 6.61 Å². The highest BCUT2D eigenvalue weighted by Gasteiger charge is 2.34. The maximum absolute atomic E-state index is 12.5. The average molecular weight is 439 g/mol. The summed E-state index contributed by atoms with van der Waals surface area (Å²) in [5.74, 6) is -1.13. The van der Waals surface area contributed by atoms with Crippen LogP contribution in [0.4, 0.5) is 13.6 Å². The van der Waals surface area contributed by atoms with E-state index in [0.717, 1.165) is 16.7 Å². The molecule has 0 unspecified atom stereocenters. The van der Waals surface area contributed by atoms with Crippen molar-refractivity contribution < 1.29 is 37.2 Å². The average Bonchev–Trinajstić information content (AvgIpc) is 3.33. The van der Waals surface area contributed by atoms with Crippen LogP contribution in [0.15, 0.2) is 40.0 Å². The van der Waals surface area contributed by atoms with Crippen molar-refractivity contribution in [3.05, 3.63) is 46.7 Å². The summed E-state index contributed by atoms with van der Waals surface area (Å²) in [6.45, 7) is -3.01. The SMILES string of the molecule is COc1cc(/C=C2\SC(=O)N(CCNC(=O)c3ccon3)C2=O)ccc1OC(F)F. The molecule has 3 rings (SSSR count). The van der Waals surface area contributed by atoms with Crippen molar-refractivity contribution >= 4 is 34.9 Å². The van der Waals surface area contributed by atoms with Gasteiger partial charge in [0, 0.05) is 19.2 Å². The Bertz CT molecular complexity index is 980. The molecule has 1 aromatic heterocycles. The fourth-order valence-corrected chi connectivity index (χ4v) is 3.38. The van der Waals surface area contributed by atoms with Crippen LogP contribution in [-0.2, 0) is 4.79 Å². The van der Waals surface area contributed by atoms with Crippen molar-refractivity contribution in [3.63, 3.8) is 0 Å². The number of halogens is 2. The van der Waals surface area contributed by atoms with Gasteiger partial charge in [-0.1, -0.05) is 11.2 Å². The lowest BCUT2D eigenvalue weighted by Crippen LogP contribution is -2.37. The number of carbonyl (C=O) groups is 3. The number of carbonyl (C=O) groups excluding carboxylic acids is 3. The Hall–Kier alpha value is -3.41. The van der Waals surface area contributed by atoms with Crippen LogP contribution in [0.3, 0.4) is 0 Å². The Morgan fingerprint density at radius 3 is 2.80 bits per heavy atom. The van der Waals surface area contributed by atoms with E-state index in [2.05, 4.69) is 19.7 Å². The number of rotatable bonds is 8. The topological polar surface area (TPSA) is 111 Å². The Morgan fingerprint density at radius 1 is 1.33 bits per heavy atom. The first-order chi connectivity index (χ1) is 14.4. The van der Waals surface area contributed by atoms with Crippen LogP contribution in [0.2, 0.25) is 0 Å². The molecule has 9 nitrogen and oxygen atoms in total. The number of aromatic nitrogens is 1. The molecule has 0 atom stereocenters. The van der Waals surface area contributed by atoms with Crippen LogP contribution >= 0.6 is 11.8 Å². The Kier molecular flexibility index (Phi) is 6.67. The molecule has 12 heteroatoms. The van der Waals surface area contributed by atoms with Gasteiger partial charge in [0.15, 0.2) is 17.2 Å². The van der Waals surface area contributed by atoms with Gasteiger partial charge in [-0.3, -0.25) is 19.3 Å². The Balaban J connectivity index is 1.65. The maximum Gasteiger partial charge on any atom is 0.387 e. The van der Waals surface area contributed by atoms with E-state index in [1.807, 2.05) is 0 Å². The van der Waals surface area contributed by atoms with E-state index in [0.29, 0.717) is 5.56 Å². The number of nitrogens with zero attached hydrogens (tertiary/aromatic N) is 2. The smallest absolute Gasteiger partial charge is 0.387 e. The second-order valence-electron chi connectivity index (χ2n) is 5.76. The van der Waals surface area contributed by atoms with Gasteiger partial charge in [-0.05, 0) is 35.5 Å². The third-order valence-corrected chi connectivity index (χ3v) is 4.77. The molecule has 30 heavy (non-hydrogen) atoms. The fraction of sp³-hybridized carbons (Fsp3) is 0.222. The normalized spacial score (nSPS) is 15.2. The number of hydrogen-bond donors (Lipinski definition) is 1. The lowest BCUT2D eigenvalue weighted by atomic mass is 10.2. The molecule has 0 radical (unpaired) electrons. The molecule has 3 amide bonds. The molecule has 1 aliphatic heterocycles. The van der Waals surface area contributed by atoms with Crippen molar-refractivity contribution in [2.24, 2.45) is 0 Å². The number of benzene rings is 1. The van der Waals surface area contributed by atoms with Gasteiger partial charge in [0.1, 0.15) is 6.26 Å². The number of thioether (sulfide) groups is 1. The minimum atomic E-state index is -3.01. The molecule has 1 aromatic carbocycles. The first-order valence-corrected chi connectivity index (χ1v) is 9.27. The molecule has 1 aliphatic rings. The summed E-state index contributed by atoms with van der Waals surface area (Å²) in [5, 5.41) is 5.52. The molecule has 1 saturated heterocycles. The summed E-state index contributed by atoms with van der Waals surface area (Å²) < 4.78 is 38.8. The van der Waals surface area contributed by atoms with Crippen LogP contribution < -0.4 is 14.8 Å². The molecule has 1 fully saturated rings. The third-order valence-electron chi connectivity index (χ3n) is 3.87. The van der Waals surface area contributed by atoms with E-state index < -0.39 is 23.7 Å². The van der Waals surface area contributed by atoms with Gasteiger partial charge in [0.05, 0.1) is 12.0 Å². The third kappa shape index (κ3) is 4.95. The van der Waals surface area contributed by atoms with E-state index in [-0.39, 0.29) is 35.2 Å². The van der Waals surface area contributed by atoms with Crippen LogP contribution in [0.1, 0.15) is 16.1 Å². The monoisotopic (exact) mass is 439 g/mol. The van der Waals surface area contributed by atoms with E-state index in [1.54, 1.807) is 0 Å². The molecule has 0 bridgehead atoms. The highest BCUT2D eigenvalue weighted by molar-refractivity contribution is 8.18. The lowest BCUT2D eigenvalue weighted by molar-refractivity contribution is -0.122. The van der Waals surface area contributed by atoms with Gasteiger partial charge in [-0.15, -0.1) is 0 Å². The highest BCUT2D eigenvalue weighted by atomic mass is 32.2. The minimum Gasteiger partial charge on any atom is -0.493 e. The summed E-state index contributed by atoms with van der Waals surface area (Å²) in [6, 6.07) is 5.51. The van der Waals surface area contributed by atoms with E-state index in [4.69, 9.17) is 4.74 Å². The second kappa shape index (κ2) is 9.39. The van der Waals surface area contributed by atoms with Crippen LogP contribution in [0, 0.1) is 0 Å². The quantitative estimate of drug-likeness (QED) is 0.625. The summed E-state index contributed by atoms with van der Waals surface area (Å²) in [7, 11) is 1.29. The fourth-order valence-electron chi connectivity index (χ4n) is 2.51. The van der Waals surface area contributed by atoms with Crippen molar-refractivity contribution in [1.82, 2.24) is 15.4 Å². The predicted octanol–water partition coefficient (Wildman–Crippen LogP) is 2.75. The largest absolute Gasteiger partial charge is 0.493 e. The summed E-state index contributed by atoms with van der Waals surface area (Å²) in [5.41, 5.74) is 0.538. The highest BCUT2D eigenvalue weighted by Crippen LogP contribution is 2.34. The number of alkyl halides is 2. The first-order valence-electron chi connectivity index (χ1n) is 8.46. The number of ether oxygens (including phenoxy) is 2. The van der Waals surface area contributed by atoms with Crippen molar-refractivity contribution in [2.75, 3.05) is 20.2 Å². The maximum atomic E-state index is 12.5. The minimum absolute atomic E-state index is 0.0317. The summed E-state index contributed by atoms with van der Waals surface area (Å²) in [4.78, 5) is 37.6. The van der Waals surface area contributed by atoms with Gasteiger partial charge < -0.3 is 19.3 Å². The van der Waals surface area contributed by atoms with Crippen LogP contribution in [0.5, 0.6) is 11.5 Å². The number of imide groups is 1. The van der Waals surface area contributed by atoms with Gasteiger partial charge in [0.25, 0.3) is 17.1 Å². The summed E-state index contributed by atoms with van der Waals surface area (Å²) >= 11 is 0.728.